The standard InChI is InChI=1S/C17H18Br2FN/c1-3-21-17(14-8-11(2)4-6-16(14)19)10-12-9-13(20)5-7-15(12)18/h4-9,17,21H,3,10H2,1-2H3. The van der Waals surface area contributed by atoms with Gasteiger partial charge < -0.3 is 5.32 Å². The Morgan fingerprint density at radius 2 is 1.81 bits per heavy atom. The summed E-state index contributed by atoms with van der Waals surface area (Å²) < 4.78 is 15.5. The highest BCUT2D eigenvalue weighted by Crippen LogP contribution is 2.29. The molecule has 2 aromatic carbocycles. The molecule has 1 atom stereocenters. The lowest BCUT2D eigenvalue weighted by Crippen LogP contribution is -2.23. The first-order valence-corrected chi connectivity index (χ1v) is 8.53. The van der Waals surface area contributed by atoms with E-state index >= 15 is 0 Å². The van der Waals surface area contributed by atoms with E-state index in [1.54, 1.807) is 12.1 Å². The van der Waals surface area contributed by atoms with E-state index in [1.165, 1.54) is 17.2 Å². The van der Waals surface area contributed by atoms with Crippen LogP contribution in [0.4, 0.5) is 4.39 Å². The van der Waals surface area contributed by atoms with Gasteiger partial charge in [-0.2, -0.15) is 0 Å². The number of likely N-dealkylation sites (N-methyl/N-ethyl adjacent to an activating group) is 1. The highest BCUT2D eigenvalue weighted by molar-refractivity contribution is 9.10. The van der Waals surface area contributed by atoms with Crippen molar-refractivity contribution in [2.45, 2.75) is 26.3 Å². The Labute approximate surface area is 142 Å². The van der Waals surface area contributed by atoms with E-state index in [1.807, 2.05) is 0 Å². The van der Waals surface area contributed by atoms with Crippen LogP contribution in [0.15, 0.2) is 45.3 Å². The summed E-state index contributed by atoms with van der Waals surface area (Å²) in [5.41, 5.74) is 3.39. The van der Waals surface area contributed by atoms with Crippen molar-refractivity contribution in [3.63, 3.8) is 0 Å². The summed E-state index contributed by atoms with van der Waals surface area (Å²) in [5, 5.41) is 3.49. The summed E-state index contributed by atoms with van der Waals surface area (Å²) in [5.74, 6) is -0.202. The third-order valence-electron chi connectivity index (χ3n) is 3.41. The maximum absolute atomic E-state index is 13.5. The van der Waals surface area contributed by atoms with Gasteiger partial charge in [0, 0.05) is 15.0 Å². The van der Waals surface area contributed by atoms with Crippen LogP contribution in [0.2, 0.25) is 0 Å². The molecule has 1 unspecified atom stereocenters. The van der Waals surface area contributed by atoms with E-state index < -0.39 is 0 Å². The number of hydrogen-bond donors (Lipinski definition) is 1. The lowest BCUT2D eigenvalue weighted by molar-refractivity contribution is 0.543. The minimum atomic E-state index is -0.202. The topological polar surface area (TPSA) is 12.0 Å². The third-order valence-corrected chi connectivity index (χ3v) is 4.91. The molecule has 0 amide bonds. The zero-order chi connectivity index (χ0) is 15.4. The summed E-state index contributed by atoms with van der Waals surface area (Å²) in [6, 6.07) is 11.3. The SMILES string of the molecule is CCNC(Cc1cc(F)ccc1Br)c1cc(C)ccc1Br. The number of aryl methyl sites for hydroxylation is 1. The number of rotatable bonds is 5. The van der Waals surface area contributed by atoms with Gasteiger partial charge in [-0.25, -0.2) is 4.39 Å². The van der Waals surface area contributed by atoms with Crippen LogP contribution in [0.1, 0.15) is 29.7 Å². The van der Waals surface area contributed by atoms with Crippen molar-refractivity contribution in [3.8, 4) is 0 Å². The number of benzene rings is 2. The minimum Gasteiger partial charge on any atom is -0.310 e. The number of hydrogen-bond acceptors (Lipinski definition) is 1. The van der Waals surface area contributed by atoms with Crippen molar-refractivity contribution in [1.29, 1.82) is 0 Å². The Balaban J connectivity index is 2.35. The van der Waals surface area contributed by atoms with Gasteiger partial charge in [-0.3, -0.25) is 0 Å². The van der Waals surface area contributed by atoms with Gasteiger partial charge in [-0.05, 0) is 55.3 Å². The molecule has 0 spiro atoms. The van der Waals surface area contributed by atoms with Crippen LogP contribution in [-0.4, -0.2) is 6.54 Å². The van der Waals surface area contributed by atoms with Crippen molar-refractivity contribution < 1.29 is 4.39 Å². The van der Waals surface area contributed by atoms with Gasteiger partial charge in [-0.1, -0.05) is 56.5 Å². The second kappa shape index (κ2) is 7.52. The highest BCUT2D eigenvalue weighted by Gasteiger charge is 2.16. The quantitative estimate of drug-likeness (QED) is 0.675. The smallest absolute Gasteiger partial charge is 0.123 e. The molecule has 0 fully saturated rings. The lowest BCUT2D eigenvalue weighted by Gasteiger charge is -2.21. The van der Waals surface area contributed by atoms with E-state index in [4.69, 9.17) is 0 Å². The van der Waals surface area contributed by atoms with Crippen LogP contribution in [-0.2, 0) is 6.42 Å². The molecular formula is C17H18Br2FN. The molecule has 0 saturated heterocycles. The summed E-state index contributed by atoms with van der Waals surface area (Å²) in [4.78, 5) is 0. The Morgan fingerprint density at radius 3 is 2.52 bits per heavy atom. The van der Waals surface area contributed by atoms with E-state index in [0.717, 1.165) is 27.5 Å². The predicted molar refractivity (Wildman–Crippen MR) is 93.1 cm³/mol. The van der Waals surface area contributed by atoms with Gasteiger partial charge in [0.1, 0.15) is 5.82 Å². The van der Waals surface area contributed by atoms with Gasteiger partial charge >= 0.3 is 0 Å². The number of nitrogens with one attached hydrogen (secondary N) is 1. The molecule has 4 heteroatoms. The monoisotopic (exact) mass is 413 g/mol. The molecule has 112 valence electrons. The Morgan fingerprint density at radius 1 is 1.10 bits per heavy atom. The molecule has 0 bridgehead atoms. The predicted octanol–water partition coefficient (Wildman–Crippen LogP) is 5.55. The molecule has 2 aromatic rings. The van der Waals surface area contributed by atoms with E-state index in [-0.39, 0.29) is 11.9 Å². The molecule has 0 aliphatic carbocycles. The zero-order valence-corrected chi connectivity index (χ0v) is 15.3. The van der Waals surface area contributed by atoms with Crippen molar-refractivity contribution in [3.05, 3.63) is 67.9 Å². The maximum Gasteiger partial charge on any atom is 0.123 e. The van der Waals surface area contributed by atoms with Crippen LogP contribution >= 0.6 is 31.9 Å². The molecule has 1 N–H and O–H groups in total. The van der Waals surface area contributed by atoms with Gasteiger partial charge in [0.25, 0.3) is 0 Å². The van der Waals surface area contributed by atoms with Crippen LogP contribution in [0.25, 0.3) is 0 Å². The van der Waals surface area contributed by atoms with Gasteiger partial charge in [0.05, 0.1) is 0 Å². The van der Waals surface area contributed by atoms with Gasteiger partial charge in [-0.15, -0.1) is 0 Å². The lowest BCUT2D eigenvalue weighted by atomic mass is 9.97. The van der Waals surface area contributed by atoms with Crippen LogP contribution < -0.4 is 5.32 Å². The van der Waals surface area contributed by atoms with Crippen molar-refractivity contribution in [2.24, 2.45) is 0 Å². The first kappa shape index (κ1) is 16.7. The average molecular weight is 415 g/mol. The van der Waals surface area contributed by atoms with Crippen LogP contribution in [0.5, 0.6) is 0 Å². The number of halogens is 3. The second-order valence-corrected chi connectivity index (χ2v) is 6.78. The molecule has 21 heavy (non-hydrogen) atoms. The van der Waals surface area contributed by atoms with Crippen molar-refractivity contribution in [2.75, 3.05) is 6.54 Å². The molecular weight excluding hydrogens is 397 g/mol. The van der Waals surface area contributed by atoms with Crippen molar-refractivity contribution in [1.82, 2.24) is 5.32 Å². The Bertz CT molecular complexity index is 628. The van der Waals surface area contributed by atoms with E-state index in [9.17, 15) is 4.39 Å². The first-order chi connectivity index (χ1) is 10.0. The summed E-state index contributed by atoms with van der Waals surface area (Å²) in [6.07, 6.45) is 0.730. The molecule has 0 saturated carbocycles. The highest BCUT2D eigenvalue weighted by atomic mass is 79.9. The van der Waals surface area contributed by atoms with Crippen LogP contribution in [0, 0.1) is 12.7 Å². The summed E-state index contributed by atoms with van der Waals surface area (Å²) in [6.45, 7) is 5.02. The molecule has 2 rings (SSSR count). The normalized spacial score (nSPS) is 12.4. The van der Waals surface area contributed by atoms with E-state index in [2.05, 4.69) is 69.2 Å². The minimum absolute atomic E-state index is 0.141. The zero-order valence-electron chi connectivity index (χ0n) is 12.1. The Kier molecular flexibility index (Phi) is 5.97. The fraction of sp³-hybridized carbons (Fsp3) is 0.294. The molecule has 0 aliphatic heterocycles. The molecule has 0 radical (unpaired) electrons. The van der Waals surface area contributed by atoms with Gasteiger partial charge in [0.2, 0.25) is 0 Å². The summed E-state index contributed by atoms with van der Waals surface area (Å²) in [7, 11) is 0. The van der Waals surface area contributed by atoms with E-state index in [0.29, 0.717) is 0 Å². The average Bonchev–Trinajstić information content (AvgIpc) is 2.45. The molecule has 0 heterocycles. The molecule has 0 aliphatic rings. The largest absolute Gasteiger partial charge is 0.310 e. The van der Waals surface area contributed by atoms with Crippen LogP contribution in [0.3, 0.4) is 0 Å². The third kappa shape index (κ3) is 4.38. The fourth-order valence-corrected chi connectivity index (χ4v) is 3.32. The molecule has 0 aromatic heterocycles. The second-order valence-electron chi connectivity index (χ2n) is 5.08. The fourth-order valence-electron chi connectivity index (χ4n) is 2.39. The first-order valence-electron chi connectivity index (χ1n) is 6.94. The van der Waals surface area contributed by atoms with Crippen molar-refractivity contribution >= 4 is 31.9 Å². The van der Waals surface area contributed by atoms with Gasteiger partial charge in [0.15, 0.2) is 0 Å². The summed E-state index contributed by atoms with van der Waals surface area (Å²) >= 11 is 7.13. The maximum atomic E-state index is 13.5. The molecule has 1 nitrogen and oxygen atoms in total. The Hall–Kier alpha value is -0.710.